The van der Waals surface area contributed by atoms with Gasteiger partial charge in [-0.25, -0.2) is 0 Å². The number of hydrogen-bond acceptors (Lipinski definition) is 10. The Morgan fingerprint density at radius 2 is 0.973 bits per heavy atom. The fourth-order valence-corrected chi connectivity index (χ4v) is 9.87. The van der Waals surface area contributed by atoms with Crippen LogP contribution in [0.25, 0.3) is 0 Å². The average Bonchev–Trinajstić information content (AvgIpc) is 3.40. The van der Waals surface area contributed by atoms with E-state index in [1.165, 1.54) is 154 Å². The molecule has 434 valence electrons. The van der Waals surface area contributed by atoms with E-state index in [1.54, 1.807) is 6.08 Å². The van der Waals surface area contributed by atoms with Crippen LogP contribution in [0.5, 0.6) is 0 Å². The highest BCUT2D eigenvalue weighted by molar-refractivity contribution is 5.80. The summed E-state index contributed by atoms with van der Waals surface area (Å²) in [4.78, 5) is 26.5. The summed E-state index contributed by atoms with van der Waals surface area (Å²) >= 11 is 0. The van der Waals surface area contributed by atoms with Crippen molar-refractivity contribution in [2.24, 2.45) is 0 Å². The summed E-state index contributed by atoms with van der Waals surface area (Å²) < 4.78 is 17.6. The van der Waals surface area contributed by atoms with Gasteiger partial charge in [0.2, 0.25) is 5.91 Å². The van der Waals surface area contributed by atoms with Crippen molar-refractivity contribution in [1.29, 1.82) is 0 Å². The number of aliphatic hydroxyl groups excluding tert-OH is 5. The smallest absolute Gasteiger partial charge is 0.306 e. The quantitative estimate of drug-likeness (QED) is 0.0195. The second-order valence-corrected chi connectivity index (χ2v) is 21.8. The number of carbonyl (C=O) groups excluding carboxylic acids is 2. The van der Waals surface area contributed by atoms with Gasteiger partial charge in [0.25, 0.3) is 0 Å². The topological polar surface area (TPSA) is 175 Å². The lowest BCUT2D eigenvalue weighted by atomic mass is 9.99. The van der Waals surface area contributed by atoms with Gasteiger partial charge in [0.1, 0.15) is 24.4 Å². The first-order valence-electron chi connectivity index (χ1n) is 31.3. The van der Waals surface area contributed by atoms with Crippen LogP contribution >= 0.6 is 0 Å². The van der Waals surface area contributed by atoms with E-state index in [0.717, 1.165) is 89.9 Å². The SMILES string of the molecule is CC/C=C/C/C=C/CCCCCCCCC(O)C(=O)NC(COC1OC(CO)C(O)C(O)C1OC(=O)CCCCCCCCCCCCCCCCCCCCC)C(O)/C=C/CCCCCCCCCCCCC. The molecule has 1 saturated heterocycles. The highest BCUT2D eigenvalue weighted by atomic mass is 16.7. The summed E-state index contributed by atoms with van der Waals surface area (Å²) in [6, 6.07) is -1.02. The summed E-state index contributed by atoms with van der Waals surface area (Å²) in [6.07, 6.45) is 50.4. The first kappa shape index (κ1) is 69.9. The van der Waals surface area contributed by atoms with Gasteiger partial charge < -0.3 is 45.1 Å². The van der Waals surface area contributed by atoms with Gasteiger partial charge in [0, 0.05) is 6.42 Å². The summed E-state index contributed by atoms with van der Waals surface area (Å²) in [7, 11) is 0. The number of rotatable bonds is 53. The molecule has 8 atom stereocenters. The largest absolute Gasteiger partial charge is 0.454 e. The molecular formula is C63H117NO10. The van der Waals surface area contributed by atoms with E-state index in [-0.39, 0.29) is 19.4 Å². The monoisotopic (exact) mass is 1050 g/mol. The van der Waals surface area contributed by atoms with Gasteiger partial charge in [-0.3, -0.25) is 9.59 Å². The Kier molecular flexibility index (Phi) is 48.8. The Labute approximate surface area is 453 Å². The molecule has 1 fully saturated rings. The fourth-order valence-electron chi connectivity index (χ4n) is 9.87. The van der Waals surface area contributed by atoms with E-state index in [0.29, 0.717) is 12.8 Å². The van der Waals surface area contributed by atoms with Crippen molar-refractivity contribution in [3.05, 3.63) is 36.5 Å². The molecule has 74 heavy (non-hydrogen) atoms. The third-order valence-corrected chi connectivity index (χ3v) is 14.8. The predicted molar refractivity (Wildman–Crippen MR) is 306 cm³/mol. The predicted octanol–water partition coefficient (Wildman–Crippen LogP) is 14.7. The Bertz CT molecular complexity index is 1340. The van der Waals surface area contributed by atoms with Crippen LogP contribution in [0, 0.1) is 0 Å². The van der Waals surface area contributed by atoms with Gasteiger partial charge >= 0.3 is 5.97 Å². The summed E-state index contributed by atoms with van der Waals surface area (Å²) in [6.45, 7) is 5.70. The molecule has 0 spiro atoms. The van der Waals surface area contributed by atoms with Crippen LogP contribution in [0.3, 0.4) is 0 Å². The van der Waals surface area contributed by atoms with Crippen molar-refractivity contribution in [2.75, 3.05) is 13.2 Å². The van der Waals surface area contributed by atoms with E-state index in [9.17, 15) is 35.1 Å². The normalized spacial score (nSPS) is 19.5. The first-order valence-corrected chi connectivity index (χ1v) is 31.3. The Morgan fingerprint density at radius 3 is 1.45 bits per heavy atom. The van der Waals surface area contributed by atoms with Crippen molar-refractivity contribution in [3.8, 4) is 0 Å². The minimum Gasteiger partial charge on any atom is -0.454 e. The van der Waals surface area contributed by atoms with Crippen LogP contribution < -0.4 is 5.32 Å². The first-order chi connectivity index (χ1) is 36.2. The zero-order valence-corrected chi connectivity index (χ0v) is 48.0. The van der Waals surface area contributed by atoms with Crippen LogP contribution in [-0.2, 0) is 23.8 Å². The van der Waals surface area contributed by atoms with Crippen LogP contribution in [-0.4, -0.2) is 99.6 Å². The highest BCUT2D eigenvalue weighted by Crippen LogP contribution is 2.26. The van der Waals surface area contributed by atoms with Crippen molar-refractivity contribution in [3.63, 3.8) is 0 Å². The molecule has 8 unspecified atom stereocenters. The van der Waals surface area contributed by atoms with Gasteiger partial charge in [0.05, 0.1) is 25.4 Å². The molecule has 1 heterocycles. The fraction of sp³-hybridized carbons (Fsp3) is 0.873. The molecule has 11 heteroatoms. The maximum absolute atomic E-state index is 13.4. The third-order valence-electron chi connectivity index (χ3n) is 14.8. The molecule has 1 amide bonds. The second kappa shape index (κ2) is 51.6. The van der Waals surface area contributed by atoms with E-state index in [1.807, 2.05) is 6.08 Å². The molecule has 6 N–H and O–H groups in total. The Balaban J connectivity index is 2.66. The van der Waals surface area contributed by atoms with Crippen LogP contribution in [0.4, 0.5) is 0 Å². The molecule has 1 aliphatic heterocycles. The molecule has 0 saturated carbocycles. The minimum atomic E-state index is -1.61. The summed E-state index contributed by atoms with van der Waals surface area (Å²) in [5, 5.41) is 56.9. The zero-order valence-electron chi connectivity index (χ0n) is 48.0. The van der Waals surface area contributed by atoms with Crippen molar-refractivity contribution >= 4 is 11.9 Å². The number of unbranched alkanes of at least 4 members (excludes halogenated alkanes) is 35. The summed E-state index contributed by atoms with van der Waals surface area (Å²) in [5.74, 6) is -1.19. The number of allylic oxidation sites excluding steroid dienone is 5. The van der Waals surface area contributed by atoms with E-state index in [4.69, 9.17) is 14.2 Å². The third kappa shape index (κ3) is 39.3. The van der Waals surface area contributed by atoms with Gasteiger partial charge in [-0.15, -0.1) is 0 Å². The number of ether oxygens (including phenoxy) is 3. The van der Waals surface area contributed by atoms with E-state index in [2.05, 4.69) is 50.4 Å². The number of nitrogens with one attached hydrogen (secondary N) is 1. The number of carbonyl (C=O) groups is 2. The number of esters is 1. The minimum absolute atomic E-state index is 0.128. The number of amides is 1. The van der Waals surface area contributed by atoms with Crippen molar-refractivity contribution < 1.29 is 49.3 Å². The van der Waals surface area contributed by atoms with Crippen LogP contribution in [0.1, 0.15) is 290 Å². The zero-order chi connectivity index (χ0) is 54.0. The number of aliphatic hydroxyl groups is 5. The molecule has 0 bridgehead atoms. The van der Waals surface area contributed by atoms with Crippen molar-refractivity contribution in [2.45, 2.75) is 339 Å². The van der Waals surface area contributed by atoms with E-state index < -0.39 is 67.4 Å². The van der Waals surface area contributed by atoms with Gasteiger partial charge in [0.15, 0.2) is 12.4 Å². The lowest BCUT2D eigenvalue weighted by molar-refractivity contribution is -0.305. The lowest BCUT2D eigenvalue weighted by Gasteiger charge is -2.41. The maximum Gasteiger partial charge on any atom is 0.306 e. The average molecular weight is 1050 g/mol. The molecule has 0 aromatic heterocycles. The maximum atomic E-state index is 13.4. The molecule has 0 radical (unpaired) electrons. The lowest BCUT2D eigenvalue weighted by Crippen LogP contribution is -2.61. The Morgan fingerprint density at radius 1 is 0.541 bits per heavy atom. The molecule has 0 aromatic rings. The van der Waals surface area contributed by atoms with Gasteiger partial charge in [-0.2, -0.15) is 0 Å². The van der Waals surface area contributed by atoms with Gasteiger partial charge in [-0.05, 0) is 51.4 Å². The number of hydrogen-bond donors (Lipinski definition) is 6. The summed E-state index contributed by atoms with van der Waals surface area (Å²) in [5.41, 5.74) is 0. The van der Waals surface area contributed by atoms with Crippen LogP contribution in [0.15, 0.2) is 36.5 Å². The van der Waals surface area contributed by atoms with Crippen molar-refractivity contribution in [1.82, 2.24) is 5.32 Å². The second-order valence-electron chi connectivity index (χ2n) is 21.8. The highest BCUT2D eigenvalue weighted by Gasteiger charge is 2.47. The molecule has 0 aromatic carbocycles. The molecule has 0 aliphatic carbocycles. The van der Waals surface area contributed by atoms with Gasteiger partial charge in [-0.1, -0.05) is 269 Å². The molecule has 1 rings (SSSR count). The Hall–Kier alpha value is -2.12. The van der Waals surface area contributed by atoms with Crippen LogP contribution in [0.2, 0.25) is 0 Å². The molecule has 1 aliphatic rings. The standard InChI is InChI=1S/C63H117NO10/c1-4-7-10-13-16-19-22-25-26-27-28-29-30-33-36-39-42-45-48-51-58(68)74-61-60(70)59(69)57(52-65)73-63(61)72-53-54(55(66)49-46-43-40-37-34-31-23-20-17-14-11-8-5-2)64-62(71)56(67)50-47-44-41-38-35-32-24-21-18-15-12-9-6-3/h9,12,18,21,46,49,54-57,59-61,63,65-67,69-70H,4-8,10-11,13-17,19-20,22-45,47-48,50-53H2,1-3H3,(H,64,71)/b12-9+,21-18+,49-46+. The van der Waals surface area contributed by atoms with E-state index >= 15 is 0 Å². The molecule has 11 nitrogen and oxygen atoms in total. The molecular weight excluding hydrogens is 931 g/mol.